The van der Waals surface area contributed by atoms with Crippen LogP contribution in [-0.4, -0.2) is 78.0 Å². The number of hydrogen-bond donors (Lipinski definition) is 1. The first kappa shape index (κ1) is 27.2. The monoisotopic (exact) mass is 594 g/mol. The van der Waals surface area contributed by atoms with Gasteiger partial charge in [-0.1, -0.05) is 11.2 Å². The molecule has 1 saturated carbocycles. The Bertz CT molecular complexity index is 1690. The van der Waals surface area contributed by atoms with E-state index in [1.807, 2.05) is 0 Å². The Balaban J connectivity index is 1.42. The van der Waals surface area contributed by atoms with E-state index < -0.39 is 10.0 Å². The maximum atomic E-state index is 13.5. The van der Waals surface area contributed by atoms with E-state index in [0.29, 0.717) is 55.3 Å². The van der Waals surface area contributed by atoms with Crippen molar-refractivity contribution in [1.82, 2.24) is 10.1 Å². The van der Waals surface area contributed by atoms with Crippen molar-refractivity contribution in [1.29, 1.82) is 0 Å². The fourth-order valence-electron chi connectivity index (χ4n) is 6.64. The minimum atomic E-state index is -4.29. The van der Waals surface area contributed by atoms with Crippen LogP contribution in [0.25, 0.3) is 22.6 Å². The first-order valence-corrected chi connectivity index (χ1v) is 15.8. The summed E-state index contributed by atoms with van der Waals surface area (Å²) in [6.45, 7) is 3.95. The molecule has 1 amide bonds. The van der Waals surface area contributed by atoms with Crippen molar-refractivity contribution in [2.24, 2.45) is 5.14 Å². The maximum Gasteiger partial charge on any atom is 0.245 e. The number of nitrogens with zero attached hydrogens (tertiary/aromatic N) is 3. The van der Waals surface area contributed by atoms with Crippen LogP contribution in [0.2, 0.25) is 0 Å². The molecule has 2 saturated heterocycles. The highest BCUT2D eigenvalue weighted by molar-refractivity contribution is 7.89. The number of anilines is 1. The van der Waals surface area contributed by atoms with Gasteiger partial charge in [-0.3, -0.25) is 4.79 Å². The molecule has 3 aromatic rings. The van der Waals surface area contributed by atoms with Crippen LogP contribution in [0.1, 0.15) is 36.0 Å². The Morgan fingerprint density at radius 2 is 1.86 bits per heavy atom. The smallest absolute Gasteiger partial charge is 0.245 e. The molecule has 4 aliphatic rings. The van der Waals surface area contributed by atoms with Gasteiger partial charge in [0, 0.05) is 48.4 Å². The molecular weight excluding hydrogens is 560 g/mol. The third-order valence-corrected chi connectivity index (χ3v) is 10.1. The molecule has 1 spiro atoms. The van der Waals surface area contributed by atoms with Crippen molar-refractivity contribution in [2.45, 2.75) is 42.4 Å². The van der Waals surface area contributed by atoms with Gasteiger partial charge < -0.3 is 28.5 Å². The van der Waals surface area contributed by atoms with Gasteiger partial charge in [0.2, 0.25) is 15.9 Å². The standard InChI is InChI=1S/C30H34N4O7S/c1-38-23-14-18(15-24(35)34-10-12-40-13-11-34)25(28(39-2)29(23)42(31,36)37)26-21-17-30(6-7-30)22-5-4-19(33-8-3-9-33)16-20(22)27(21)41-32-26/h4-5,14,16H,3,6-13,15,17H2,1-2H3,(H2,31,36,37). The van der Waals surface area contributed by atoms with Gasteiger partial charge in [0.15, 0.2) is 16.4 Å². The van der Waals surface area contributed by atoms with Gasteiger partial charge in [-0.15, -0.1) is 0 Å². The van der Waals surface area contributed by atoms with Gasteiger partial charge in [0.1, 0.15) is 11.4 Å². The number of rotatable bonds is 7. The second-order valence-corrected chi connectivity index (χ2v) is 13.1. The Morgan fingerprint density at radius 1 is 1.10 bits per heavy atom. The van der Waals surface area contributed by atoms with Crippen molar-refractivity contribution in [2.75, 3.05) is 58.5 Å². The van der Waals surface area contributed by atoms with Crippen LogP contribution in [0.3, 0.4) is 0 Å². The average Bonchev–Trinajstić information content (AvgIpc) is 3.60. The van der Waals surface area contributed by atoms with E-state index in [2.05, 4.69) is 28.3 Å². The van der Waals surface area contributed by atoms with Gasteiger partial charge in [0.05, 0.1) is 39.4 Å². The topological polar surface area (TPSA) is 137 Å². The summed E-state index contributed by atoms with van der Waals surface area (Å²) in [7, 11) is -1.55. The van der Waals surface area contributed by atoms with Gasteiger partial charge >= 0.3 is 0 Å². The molecule has 12 heteroatoms. The summed E-state index contributed by atoms with van der Waals surface area (Å²) >= 11 is 0. The Morgan fingerprint density at radius 3 is 2.48 bits per heavy atom. The third-order valence-electron chi connectivity index (χ3n) is 9.13. The molecule has 0 atom stereocenters. The lowest BCUT2D eigenvalue weighted by atomic mass is 9.77. The predicted molar refractivity (Wildman–Crippen MR) is 154 cm³/mol. The van der Waals surface area contributed by atoms with E-state index in [-0.39, 0.29) is 34.1 Å². The number of carbonyl (C=O) groups is 1. The molecule has 3 fully saturated rings. The summed E-state index contributed by atoms with van der Waals surface area (Å²) in [4.78, 5) is 17.3. The number of primary sulfonamides is 1. The number of sulfonamides is 1. The van der Waals surface area contributed by atoms with Gasteiger partial charge in [0.25, 0.3) is 0 Å². The molecule has 222 valence electrons. The number of aromatic nitrogens is 1. The minimum absolute atomic E-state index is 0.00318. The third kappa shape index (κ3) is 4.35. The number of carbonyl (C=O) groups excluding carboxylic acids is 1. The summed E-state index contributed by atoms with van der Waals surface area (Å²) in [5.41, 5.74) is 5.65. The van der Waals surface area contributed by atoms with Crippen LogP contribution in [-0.2, 0) is 37.8 Å². The lowest BCUT2D eigenvalue weighted by Crippen LogP contribution is -2.41. The Kier molecular flexibility index (Phi) is 6.48. The van der Waals surface area contributed by atoms with Crippen LogP contribution in [0.5, 0.6) is 11.5 Å². The summed E-state index contributed by atoms with van der Waals surface area (Å²) < 4.78 is 48.5. The Labute approximate surface area is 244 Å². The fraction of sp³-hybridized carbons (Fsp3) is 0.467. The van der Waals surface area contributed by atoms with E-state index in [4.69, 9.17) is 23.9 Å². The molecular formula is C30H34N4O7S. The zero-order valence-corrected chi connectivity index (χ0v) is 24.6. The molecule has 7 rings (SSSR count). The van der Waals surface area contributed by atoms with Crippen molar-refractivity contribution >= 4 is 21.6 Å². The maximum absolute atomic E-state index is 13.5. The predicted octanol–water partition coefficient (Wildman–Crippen LogP) is 2.87. The van der Waals surface area contributed by atoms with E-state index in [9.17, 15) is 13.2 Å². The zero-order chi connectivity index (χ0) is 29.2. The number of amides is 1. The highest BCUT2D eigenvalue weighted by Gasteiger charge is 2.51. The molecule has 0 bridgehead atoms. The van der Waals surface area contributed by atoms with Crippen LogP contribution >= 0.6 is 0 Å². The summed E-state index contributed by atoms with van der Waals surface area (Å²) in [5, 5.41) is 10.2. The van der Waals surface area contributed by atoms with Gasteiger partial charge in [-0.05, 0) is 55.0 Å². The number of nitrogens with two attached hydrogens (primary N) is 1. The number of ether oxygens (including phenoxy) is 3. The average molecular weight is 595 g/mol. The van der Waals surface area contributed by atoms with Crippen molar-refractivity contribution < 1.29 is 31.9 Å². The summed E-state index contributed by atoms with van der Waals surface area (Å²) in [6, 6.07) is 8.16. The van der Waals surface area contributed by atoms with Crippen LogP contribution < -0.4 is 19.5 Å². The van der Waals surface area contributed by atoms with E-state index >= 15 is 0 Å². The zero-order valence-electron chi connectivity index (χ0n) is 23.8. The van der Waals surface area contributed by atoms with E-state index in [0.717, 1.165) is 42.7 Å². The molecule has 2 N–H and O–H groups in total. The molecule has 1 aromatic heterocycles. The summed E-state index contributed by atoms with van der Waals surface area (Å²) in [5.74, 6) is 0.541. The summed E-state index contributed by atoms with van der Waals surface area (Å²) in [6.07, 6.45) is 3.92. The van der Waals surface area contributed by atoms with Crippen LogP contribution in [0.15, 0.2) is 33.7 Å². The van der Waals surface area contributed by atoms with E-state index in [1.165, 1.54) is 26.2 Å². The first-order valence-electron chi connectivity index (χ1n) is 14.3. The molecule has 2 aromatic carbocycles. The van der Waals surface area contributed by atoms with E-state index in [1.54, 1.807) is 11.0 Å². The number of hydrogen-bond acceptors (Lipinski definition) is 9. The highest BCUT2D eigenvalue weighted by atomic mass is 32.2. The molecule has 0 unspecified atom stereocenters. The molecule has 2 aliphatic carbocycles. The molecule has 0 radical (unpaired) electrons. The molecule has 11 nitrogen and oxygen atoms in total. The quantitative estimate of drug-likeness (QED) is 0.438. The number of methoxy groups -OCH3 is 2. The lowest BCUT2D eigenvalue weighted by molar-refractivity contribution is -0.134. The van der Waals surface area contributed by atoms with Gasteiger partial charge in [-0.25, -0.2) is 13.6 Å². The SMILES string of the molecule is COc1cc(CC(=O)N2CCOCC2)c(-c2noc3c2CC2(CC2)c2ccc(N4CCC4)cc2-3)c(OC)c1S(N)(=O)=O. The van der Waals surface area contributed by atoms with Crippen LogP contribution in [0, 0.1) is 0 Å². The Hall–Kier alpha value is -3.61. The van der Waals surface area contributed by atoms with Crippen molar-refractivity contribution in [3.63, 3.8) is 0 Å². The fourth-order valence-corrected chi connectivity index (χ4v) is 7.50. The second-order valence-electron chi connectivity index (χ2n) is 11.6. The first-order chi connectivity index (χ1) is 20.2. The van der Waals surface area contributed by atoms with Crippen LogP contribution in [0.4, 0.5) is 5.69 Å². The molecule has 2 aliphatic heterocycles. The van der Waals surface area contributed by atoms with Crippen molar-refractivity contribution in [3.8, 4) is 34.1 Å². The lowest BCUT2D eigenvalue weighted by Gasteiger charge is -2.34. The van der Waals surface area contributed by atoms with Gasteiger partial charge in [-0.2, -0.15) is 0 Å². The number of benzene rings is 2. The second kappa shape index (κ2) is 9.99. The highest BCUT2D eigenvalue weighted by Crippen LogP contribution is 2.59. The largest absolute Gasteiger partial charge is 0.495 e. The minimum Gasteiger partial charge on any atom is -0.495 e. The number of morpholine rings is 1. The van der Waals surface area contributed by atoms with Crippen molar-refractivity contribution in [3.05, 3.63) is 41.0 Å². The molecule has 3 heterocycles. The molecule has 42 heavy (non-hydrogen) atoms. The number of fused-ring (bicyclic) bond motifs is 4. The normalized spacial score (nSPS) is 18.7.